The molecule has 0 aliphatic carbocycles. The molecule has 0 saturated carbocycles. The lowest BCUT2D eigenvalue weighted by atomic mass is 10.2. The number of carbonyl (C=O) groups is 1. The molecule has 2 N–H and O–H groups in total. The second-order valence-corrected chi connectivity index (χ2v) is 6.84. The zero-order valence-corrected chi connectivity index (χ0v) is 17.2. The van der Waals surface area contributed by atoms with E-state index < -0.39 is 18.0 Å². The Labute approximate surface area is 186 Å². The van der Waals surface area contributed by atoms with Gasteiger partial charge in [0.05, 0.1) is 0 Å². The Balaban J connectivity index is 1.40. The monoisotopic (exact) mass is 454 g/mol. The highest BCUT2D eigenvalue weighted by Crippen LogP contribution is 2.23. The maximum absolute atomic E-state index is 12.4. The van der Waals surface area contributed by atoms with Crippen molar-refractivity contribution in [3.63, 3.8) is 0 Å². The van der Waals surface area contributed by atoms with Gasteiger partial charge in [0.1, 0.15) is 17.4 Å². The average Bonchev–Trinajstić information content (AvgIpc) is 3.29. The van der Waals surface area contributed by atoms with E-state index in [4.69, 9.17) is 0 Å². The molecule has 0 saturated heterocycles. The van der Waals surface area contributed by atoms with Gasteiger partial charge in [-0.1, -0.05) is 0 Å². The van der Waals surface area contributed by atoms with Crippen molar-refractivity contribution in [2.24, 2.45) is 0 Å². The molecule has 0 atom stereocenters. The highest BCUT2D eigenvalue weighted by atomic mass is 19.4. The number of carbonyl (C=O) groups excluding carboxylic acids is 1. The van der Waals surface area contributed by atoms with Crippen molar-refractivity contribution in [2.45, 2.75) is 13.3 Å². The van der Waals surface area contributed by atoms with Gasteiger partial charge < -0.3 is 15.4 Å². The molecule has 33 heavy (non-hydrogen) atoms. The fourth-order valence-corrected chi connectivity index (χ4v) is 2.93. The smallest absolute Gasteiger partial charge is 0.406 e. The van der Waals surface area contributed by atoms with Crippen LogP contribution in [-0.4, -0.2) is 32.0 Å². The fourth-order valence-electron chi connectivity index (χ4n) is 2.93. The quantitative estimate of drug-likeness (QED) is 0.432. The van der Waals surface area contributed by atoms with Crippen molar-refractivity contribution in [1.82, 2.24) is 19.7 Å². The van der Waals surface area contributed by atoms with Crippen LogP contribution in [0.1, 0.15) is 16.2 Å². The zero-order valence-electron chi connectivity index (χ0n) is 17.2. The molecule has 0 aliphatic heterocycles. The van der Waals surface area contributed by atoms with Crippen LogP contribution in [0.3, 0.4) is 0 Å². The predicted octanol–water partition coefficient (Wildman–Crippen LogP) is 4.87. The molecule has 2 aromatic heterocycles. The van der Waals surface area contributed by atoms with Crippen LogP contribution in [0, 0.1) is 6.92 Å². The Kier molecular flexibility index (Phi) is 5.94. The first-order valence-corrected chi connectivity index (χ1v) is 9.65. The van der Waals surface area contributed by atoms with Gasteiger partial charge in [-0.2, -0.15) is 5.10 Å². The van der Waals surface area contributed by atoms with E-state index in [0.717, 1.165) is 17.8 Å². The molecule has 2 heterocycles. The molecule has 0 radical (unpaired) electrons. The number of amides is 1. The summed E-state index contributed by atoms with van der Waals surface area (Å²) in [5, 5.41) is 10.0. The van der Waals surface area contributed by atoms with Gasteiger partial charge in [-0.15, -0.1) is 13.2 Å². The van der Waals surface area contributed by atoms with E-state index in [9.17, 15) is 18.0 Å². The summed E-state index contributed by atoms with van der Waals surface area (Å²) in [6.07, 6.45) is -1.35. The highest BCUT2D eigenvalue weighted by molar-refractivity contribution is 6.04. The molecule has 0 spiro atoms. The summed E-state index contributed by atoms with van der Waals surface area (Å²) in [6.45, 7) is 1.78. The van der Waals surface area contributed by atoms with E-state index in [2.05, 4.69) is 30.4 Å². The number of hydrogen-bond acceptors (Lipinski definition) is 6. The molecule has 0 bridgehead atoms. The Hall–Kier alpha value is -4.41. The average molecular weight is 454 g/mol. The van der Waals surface area contributed by atoms with E-state index >= 15 is 0 Å². The molecule has 8 nitrogen and oxygen atoms in total. The number of alkyl halides is 3. The first-order valence-electron chi connectivity index (χ1n) is 9.65. The van der Waals surface area contributed by atoms with E-state index in [1.807, 2.05) is 0 Å². The first-order chi connectivity index (χ1) is 15.7. The summed E-state index contributed by atoms with van der Waals surface area (Å²) < 4.78 is 42.2. The summed E-state index contributed by atoms with van der Waals surface area (Å²) in [6, 6.07) is 15.1. The predicted molar refractivity (Wildman–Crippen MR) is 115 cm³/mol. The zero-order chi connectivity index (χ0) is 23.4. The Morgan fingerprint density at radius 2 is 1.70 bits per heavy atom. The summed E-state index contributed by atoms with van der Waals surface area (Å²) in [5.74, 6) is 0.896. The Bertz CT molecular complexity index is 1240. The molecular weight excluding hydrogens is 437 g/mol. The van der Waals surface area contributed by atoms with Crippen molar-refractivity contribution in [3.8, 4) is 11.6 Å². The number of nitrogens with zero attached hydrogens (tertiary/aromatic N) is 4. The van der Waals surface area contributed by atoms with Crippen LogP contribution in [-0.2, 0) is 0 Å². The minimum atomic E-state index is -4.79. The third-order valence-electron chi connectivity index (χ3n) is 4.33. The maximum atomic E-state index is 12.4. The number of rotatable bonds is 6. The van der Waals surface area contributed by atoms with Crippen LogP contribution in [0.25, 0.3) is 5.82 Å². The van der Waals surface area contributed by atoms with E-state index in [1.165, 1.54) is 12.1 Å². The van der Waals surface area contributed by atoms with E-state index in [0.29, 0.717) is 23.1 Å². The lowest BCUT2D eigenvalue weighted by Crippen LogP contribution is -2.17. The Morgan fingerprint density at radius 3 is 2.33 bits per heavy atom. The van der Waals surface area contributed by atoms with Gasteiger partial charge in [0, 0.05) is 35.4 Å². The summed E-state index contributed by atoms with van der Waals surface area (Å²) in [5.41, 5.74) is 1.43. The molecule has 4 rings (SSSR count). The van der Waals surface area contributed by atoms with Gasteiger partial charge >= 0.3 is 6.36 Å². The van der Waals surface area contributed by atoms with Gasteiger partial charge in [-0.05, 0) is 61.5 Å². The highest BCUT2D eigenvalue weighted by Gasteiger charge is 2.31. The van der Waals surface area contributed by atoms with Crippen LogP contribution in [0.5, 0.6) is 5.75 Å². The van der Waals surface area contributed by atoms with E-state index in [1.54, 1.807) is 60.4 Å². The molecule has 0 unspecified atom stereocenters. The number of nitrogens with one attached hydrogen (secondary N) is 2. The molecule has 0 aliphatic rings. The first kappa shape index (κ1) is 21.8. The van der Waals surface area contributed by atoms with Crippen LogP contribution < -0.4 is 15.4 Å². The van der Waals surface area contributed by atoms with Crippen LogP contribution >= 0.6 is 0 Å². The van der Waals surface area contributed by atoms with Gasteiger partial charge in [0.2, 0.25) is 0 Å². The number of anilines is 3. The van der Waals surface area contributed by atoms with Gasteiger partial charge in [-0.25, -0.2) is 14.6 Å². The molecule has 2 aromatic carbocycles. The topological polar surface area (TPSA) is 94.0 Å². The fraction of sp³-hybridized carbons (Fsp3) is 0.0909. The Morgan fingerprint density at radius 1 is 1.00 bits per heavy atom. The lowest BCUT2D eigenvalue weighted by Gasteiger charge is -2.11. The van der Waals surface area contributed by atoms with Crippen LogP contribution in [0.2, 0.25) is 0 Å². The maximum Gasteiger partial charge on any atom is 0.573 e. The van der Waals surface area contributed by atoms with Crippen molar-refractivity contribution in [3.05, 3.63) is 84.4 Å². The lowest BCUT2D eigenvalue weighted by molar-refractivity contribution is -0.274. The number of halogens is 3. The standard InChI is InChI=1S/C22H17F3N6O2/c1-14-27-19(13-20(28-14)31-12-2-11-26-31)29-16-5-7-17(8-6-16)30-21(32)15-3-9-18(10-4-15)33-22(23,24)25/h2-13H,1H3,(H,30,32)(H,27,28,29). The van der Waals surface area contributed by atoms with Crippen molar-refractivity contribution in [2.75, 3.05) is 10.6 Å². The molecule has 0 fully saturated rings. The SMILES string of the molecule is Cc1nc(Nc2ccc(NC(=O)c3ccc(OC(F)(F)F)cc3)cc2)cc(-n2cccn2)n1. The van der Waals surface area contributed by atoms with Gasteiger partial charge in [0.15, 0.2) is 5.82 Å². The number of aromatic nitrogens is 4. The molecule has 168 valence electrons. The molecular formula is C22H17F3N6O2. The van der Waals surface area contributed by atoms with Crippen LogP contribution in [0.4, 0.5) is 30.4 Å². The number of aryl methyl sites for hydroxylation is 1. The molecule has 4 aromatic rings. The van der Waals surface area contributed by atoms with Crippen molar-refractivity contribution < 1.29 is 22.7 Å². The third-order valence-corrected chi connectivity index (χ3v) is 4.33. The molecule has 11 heteroatoms. The summed E-state index contributed by atoms with van der Waals surface area (Å²) in [4.78, 5) is 21.1. The summed E-state index contributed by atoms with van der Waals surface area (Å²) >= 11 is 0. The van der Waals surface area contributed by atoms with Crippen LogP contribution in [0.15, 0.2) is 73.1 Å². The van der Waals surface area contributed by atoms with Gasteiger partial charge in [-0.3, -0.25) is 4.79 Å². The largest absolute Gasteiger partial charge is 0.573 e. The summed E-state index contributed by atoms with van der Waals surface area (Å²) in [7, 11) is 0. The minimum Gasteiger partial charge on any atom is -0.406 e. The van der Waals surface area contributed by atoms with Gasteiger partial charge in [0.25, 0.3) is 5.91 Å². The normalized spacial score (nSPS) is 11.2. The van der Waals surface area contributed by atoms with E-state index in [-0.39, 0.29) is 5.56 Å². The number of benzene rings is 2. The third kappa shape index (κ3) is 5.85. The number of hydrogen-bond donors (Lipinski definition) is 2. The van der Waals surface area contributed by atoms with Crippen molar-refractivity contribution >= 4 is 23.1 Å². The van der Waals surface area contributed by atoms with Crippen molar-refractivity contribution in [1.29, 1.82) is 0 Å². The minimum absolute atomic E-state index is 0.189. The number of ether oxygens (including phenoxy) is 1. The molecule has 1 amide bonds. The second-order valence-electron chi connectivity index (χ2n) is 6.84. The second kappa shape index (κ2) is 8.99.